The predicted molar refractivity (Wildman–Crippen MR) is 81.9 cm³/mol. The Hall–Kier alpha value is -1.55. The minimum atomic E-state index is -0.230. The number of methoxy groups -OCH3 is 1. The number of hydrogen-bond donors (Lipinski definition) is 2. The Kier molecular flexibility index (Phi) is 7.09. The summed E-state index contributed by atoms with van der Waals surface area (Å²) in [6, 6.07) is 7.68. The summed E-state index contributed by atoms with van der Waals surface area (Å²) >= 11 is 0. The molecule has 0 aliphatic heterocycles. The van der Waals surface area contributed by atoms with Crippen LogP contribution >= 0.6 is 0 Å². The molecule has 0 saturated heterocycles. The summed E-state index contributed by atoms with van der Waals surface area (Å²) in [5.74, 6) is 0.881. The first-order valence-electron chi connectivity index (χ1n) is 7.26. The van der Waals surface area contributed by atoms with Gasteiger partial charge < -0.3 is 10.1 Å². The van der Waals surface area contributed by atoms with Gasteiger partial charge in [0.15, 0.2) is 0 Å². The summed E-state index contributed by atoms with van der Waals surface area (Å²) in [5.41, 5.74) is 1.06. The molecule has 0 heterocycles. The normalized spacial score (nSPS) is 13.6. The molecular formula is C16H26N2O2. The van der Waals surface area contributed by atoms with Crippen LogP contribution in [0.4, 0.5) is 0 Å². The lowest BCUT2D eigenvalue weighted by Gasteiger charge is -2.21. The van der Waals surface area contributed by atoms with Crippen LogP contribution in [-0.4, -0.2) is 25.6 Å². The van der Waals surface area contributed by atoms with Crippen molar-refractivity contribution in [2.45, 2.75) is 45.7 Å². The van der Waals surface area contributed by atoms with E-state index in [0.29, 0.717) is 0 Å². The molecule has 0 aromatic heterocycles. The molecule has 2 atom stereocenters. The SMILES string of the molecule is CCCCNC(=O)C(C)N[C@@H](C)c1ccccc1OC. The number of rotatable bonds is 8. The number of carbonyl (C=O) groups is 1. The molecule has 2 N–H and O–H groups in total. The zero-order valence-electron chi connectivity index (χ0n) is 12.9. The Bertz CT molecular complexity index is 421. The van der Waals surface area contributed by atoms with Gasteiger partial charge in [-0.15, -0.1) is 0 Å². The van der Waals surface area contributed by atoms with Gasteiger partial charge in [-0.1, -0.05) is 31.5 Å². The Morgan fingerprint density at radius 2 is 2.00 bits per heavy atom. The summed E-state index contributed by atoms with van der Waals surface area (Å²) in [6.45, 7) is 6.77. The van der Waals surface area contributed by atoms with Crippen LogP contribution in [-0.2, 0) is 4.79 Å². The smallest absolute Gasteiger partial charge is 0.236 e. The molecule has 1 amide bonds. The van der Waals surface area contributed by atoms with E-state index >= 15 is 0 Å². The number of ether oxygens (including phenoxy) is 1. The first-order chi connectivity index (χ1) is 9.60. The molecule has 1 rings (SSSR count). The van der Waals surface area contributed by atoms with Crippen LogP contribution in [0.2, 0.25) is 0 Å². The van der Waals surface area contributed by atoms with E-state index in [9.17, 15) is 4.79 Å². The topological polar surface area (TPSA) is 50.4 Å². The number of hydrogen-bond acceptors (Lipinski definition) is 3. The minimum absolute atomic E-state index is 0.0418. The number of para-hydroxylation sites is 1. The number of amides is 1. The molecule has 1 aromatic carbocycles. The number of carbonyl (C=O) groups excluding carboxylic acids is 1. The van der Waals surface area contributed by atoms with Gasteiger partial charge in [-0.3, -0.25) is 10.1 Å². The van der Waals surface area contributed by atoms with Gasteiger partial charge >= 0.3 is 0 Å². The summed E-state index contributed by atoms with van der Waals surface area (Å²) in [6.07, 6.45) is 2.10. The molecule has 0 saturated carbocycles. The van der Waals surface area contributed by atoms with Gasteiger partial charge in [0.05, 0.1) is 13.2 Å². The van der Waals surface area contributed by atoms with Crippen molar-refractivity contribution in [3.63, 3.8) is 0 Å². The molecule has 0 radical (unpaired) electrons. The van der Waals surface area contributed by atoms with Gasteiger partial charge in [-0.2, -0.15) is 0 Å². The Morgan fingerprint density at radius 1 is 1.30 bits per heavy atom. The number of benzene rings is 1. The van der Waals surface area contributed by atoms with Crippen molar-refractivity contribution in [3.05, 3.63) is 29.8 Å². The Balaban J connectivity index is 2.56. The molecule has 1 unspecified atom stereocenters. The summed E-state index contributed by atoms with van der Waals surface area (Å²) in [4.78, 5) is 11.9. The van der Waals surface area contributed by atoms with Gasteiger partial charge in [0.1, 0.15) is 5.75 Å². The van der Waals surface area contributed by atoms with E-state index in [0.717, 1.165) is 30.7 Å². The van der Waals surface area contributed by atoms with Crippen LogP contribution in [0.5, 0.6) is 5.75 Å². The second kappa shape index (κ2) is 8.59. The highest BCUT2D eigenvalue weighted by Gasteiger charge is 2.17. The maximum atomic E-state index is 11.9. The second-order valence-electron chi connectivity index (χ2n) is 5.00. The molecule has 112 valence electrons. The van der Waals surface area contributed by atoms with E-state index in [1.54, 1.807) is 7.11 Å². The van der Waals surface area contributed by atoms with E-state index in [-0.39, 0.29) is 18.0 Å². The van der Waals surface area contributed by atoms with E-state index < -0.39 is 0 Å². The lowest BCUT2D eigenvalue weighted by atomic mass is 10.1. The second-order valence-corrected chi connectivity index (χ2v) is 5.00. The van der Waals surface area contributed by atoms with Gasteiger partial charge in [0, 0.05) is 18.2 Å². The van der Waals surface area contributed by atoms with E-state index in [1.807, 2.05) is 38.1 Å². The standard InChI is InChI=1S/C16H26N2O2/c1-5-6-11-17-16(19)13(3)18-12(2)14-9-7-8-10-15(14)20-4/h7-10,12-13,18H,5-6,11H2,1-4H3,(H,17,19)/t12-,13?/m0/s1. The van der Waals surface area contributed by atoms with Crippen molar-refractivity contribution in [2.24, 2.45) is 0 Å². The van der Waals surface area contributed by atoms with Crippen molar-refractivity contribution in [3.8, 4) is 5.75 Å². The molecule has 4 heteroatoms. The minimum Gasteiger partial charge on any atom is -0.496 e. The fraction of sp³-hybridized carbons (Fsp3) is 0.562. The van der Waals surface area contributed by atoms with E-state index in [2.05, 4.69) is 17.6 Å². The summed E-state index contributed by atoms with van der Waals surface area (Å²) < 4.78 is 5.35. The largest absolute Gasteiger partial charge is 0.496 e. The monoisotopic (exact) mass is 278 g/mol. The molecule has 0 spiro atoms. The molecule has 4 nitrogen and oxygen atoms in total. The molecule has 0 aliphatic rings. The Labute approximate surface area is 121 Å². The van der Waals surface area contributed by atoms with Crippen LogP contribution in [0.15, 0.2) is 24.3 Å². The molecule has 0 fully saturated rings. The van der Waals surface area contributed by atoms with Crippen molar-refractivity contribution in [1.82, 2.24) is 10.6 Å². The lowest BCUT2D eigenvalue weighted by Crippen LogP contribution is -2.43. The van der Waals surface area contributed by atoms with Crippen molar-refractivity contribution in [1.29, 1.82) is 0 Å². The summed E-state index contributed by atoms with van der Waals surface area (Å²) in [5, 5.41) is 6.24. The van der Waals surface area contributed by atoms with Crippen molar-refractivity contribution < 1.29 is 9.53 Å². The molecule has 20 heavy (non-hydrogen) atoms. The fourth-order valence-electron chi connectivity index (χ4n) is 2.11. The van der Waals surface area contributed by atoms with Gasteiger partial charge in [0.2, 0.25) is 5.91 Å². The van der Waals surface area contributed by atoms with E-state index in [4.69, 9.17) is 4.74 Å². The number of unbranched alkanes of at least 4 members (excludes halogenated alkanes) is 1. The zero-order valence-corrected chi connectivity index (χ0v) is 12.9. The zero-order chi connectivity index (χ0) is 15.0. The quantitative estimate of drug-likeness (QED) is 0.719. The number of nitrogens with one attached hydrogen (secondary N) is 2. The van der Waals surface area contributed by atoms with Gasteiger partial charge in [-0.25, -0.2) is 0 Å². The van der Waals surface area contributed by atoms with Gasteiger partial charge in [-0.05, 0) is 26.3 Å². The van der Waals surface area contributed by atoms with Crippen LogP contribution < -0.4 is 15.4 Å². The predicted octanol–water partition coefficient (Wildman–Crippen LogP) is 2.65. The maximum absolute atomic E-state index is 11.9. The average Bonchev–Trinajstić information content (AvgIpc) is 2.47. The van der Waals surface area contributed by atoms with Crippen LogP contribution in [0, 0.1) is 0 Å². The van der Waals surface area contributed by atoms with E-state index in [1.165, 1.54) is 0 Å². The highest BCUT2D eigenvalue weighted by atomic mass is 16.5. The highest BCUT2D eigenvalue weighted by molar-refractivity contribution is 5.81. The van der Waals surface area contributed by atoms with Crippen LogP contribution in [0.1, 0.15) is 45.2 Å². The van der Waals surface area contributed by atoms with Gasteiger partial charge in [0.25, 0.3) is 0 Å². The van der Waals surface area contributed by atoms with Crippen LogP contribution in [0.3, 0.4) is 0 Å². The first-order valence-corrected chi connectivity index (χ1v) is 7.26. The maximum Gasteiger partial charge on any atom is 0.236 e. The third-order valence-corrected chi connectivity index (χ3v) is 3.33. The molecule has 0 aliphatic carbocycles. The van der Waals surface area contributed by atoms with Crippen molar-refractivity contribution in [2.75, 3.05) is 13.7 Å². The summed E-state index contributed by atoms with van der Waals surface area (Å²) in [7, 11) is 1.66. The first kappa shape index (κ1) is 16.5. The molecular weight excluding hydrogens is 252 g/mol. The lowest BCUT2D eigenvalue weighted by molar-refractivity contribution is -0.122. The van der Waals surface area contributed by atoms with Crippen LogP contribution in [0.25, 0.3) is 0 Å². The highest BCUT2D eigenvalue weighted by Crippen LogP contribution is 2.24. The fourth-order valence-corrected chi connectivity index (χ4v) is 2.11. The third-order valence-electron chi connectivity index (χ3n) is 3.33. The van der Waals surface area contributed by atoms with Crippen molar-refractivity contribution >= 4 is 5.91 Å². The molecule has 1 aromatic rings. The Morgan fingerprint density at radius 3 is 2.65 bits per heavy atom. The average molecular weight is 278 g/mol. The third kappa shape index (κ3) is 4.85. The molecule has 0 bridgehead atoms.